The Morgan fingerprint density at radius 3 is 2.56 bits per heavy atom. The Morgan fingerprint density at radius 1 is 1.44 bits per heavy atom. The molecule has 0 atom stereocenters. The molecule has 2 heterocycles. The number of hydrogen-bond acceptors (Lipinski definition) is 4. The Kier molecular flexibility index (Phi) is 3.57. The van der Waals surface area contributed by atoms with Crippen LogP contribution in [0.2, 0.25) is 0 Å². The SMILES string of the molecule is [CH2]C1(C)CCN(c2nc(N)c(I)c(=O)n2C)CC1. The highest BCUT2D eigenvalue weighted by molar-refractivity contribution is 14.1. The maximum atomic E-state index is 12.0. The summed E-state index contributed by atoms with van der Waals surface area (Å²) < 4.78 is 2.06. The van der Waals surface area contributed by atoms with Crippen LogP contribution in [0.5, 0.6) is 0 Å². The van der Waals surface area contributed by atoms with E-state index in [1.165, 1.54) is 0 Å². The second kappa shape index (κ2) is 4.71. The molecule has 1 aliphatic heterocycles. The standard InChI is InChI=1S/C12H18IN4O/c1-12(2)4-6-17(7-5-12)11-15-9(14)8(13)10(18)16(11)3/h1,4-7,14H2,2-3H3. The molecular weight excluding hydrogens is 343 g/mol. The highest BCUT2D eigenvalue weighted by atomic mass is 127. The van der Waals surface area contributed by atoms with Crippen LogP contribution in [0, 0.1) is 15.9 Å². The van der Waals surface area contributed by atoms with Gasteiger partial charge in [0.1, 0.15) is 9.39 Å². The highest BCUT2D eigenvalue weighted by Crippen LogP contribution is 2.31. The average Bonchev–Trinajstić information content (AvgIpc) is 2.32. The molecule has 0 aliphatic carbocycles. The number of nitrogens with zero attached hydrogens (tertiary/aromatic N) is 3. The summed E-state index contributed by atoms with van der Waals surface area (Å²) in [7, 11) is 1.74. The van der Waals surface area contributed by atoms with Crippen LogP contribution < -0.4 is 16.2 Å². The molecule has 2 N–H and O–H groups in total. The fourth-order valence-electron chi connectivity index (χ4n) is 2.11. The van der Waals surface area contributed by atoms with Crippen molar-refractivity contribution in [2.45, 2.75) is 19.8 Å². The van der Waals surface area contributed by atoms with Crippen molar-refractivity contribution in [3.8, 4) is 0 Å². The van der Waals surface area contributed by atoms with Crippen LogP contribution in [-0.2, 0) is 7.05 Å². The van der Waals surface area contributed by atoms with E-state index in [1.54, 1.807) is 11.6 Å². The summed E-state index contributed by atoms with van der Waals surface area (Å²) in [5.41, 5.74) is 5.83. The molecule has 1 aromatic rings. The topological polar surface area (TPSA) is 64.2 Å². The smallest absolute Gasteiger partial charge is 0.270 e. The fraction of sp³-hybridized carbons (Fsp3) is 0.583. The van der Waals surface area contributed by atoms with Gasteiger partial charge in [-0.1, -0.05) is 6.92 Å². The first-order chi connectivity index (χ1) is 8.32. The molecule has 1 aliphatic rings. The average molecular weight is 361 g/mol. The third-order valence-corrected chi connectivity index (χ3v) is 4.51. The molecule has 99 valence electrons. The van der Waals surface area contributed by atoms with E-state index in [9.17, 15) is 4.79 Å². The Hall–Kier alpha value is -0.790. The van der Waals surface area contributed by atoms with Gasteiger partial charge in [-0.15, -0.1) is 0 Å². The molecule has 0 saturated carbocycles. The third kappa shape index (κ3) is 2.48. The Bertz CT molecular complexity index is 514. The highest BCUT2D eigenvalue weighted by Gasteiger charge is 2.27. The van der Waals surface area contributed by atoms with Crippen LogP contribution in [0.4, 0.5) is 11.8 Å². The van der Waals surface area contributed by atoms with Gasteiger partial charge in [0.05, 0.1) is 0 Å². The van der Waals surface area contributed by atoms with Crippen LogP contribution in [0.1, 0.15) is 19.8 Å². The summed E-state index contributed by atoms with van der Waals surface area (Å²) >= 11 is 1.94. The molecule has 0 spiro atoms. The maximum absolute atomic E-state index is 12.0. The molecule has 2 rings (SSSR count). The molecule has 1 aromatic heterocycles. The lowest BCUT2D eigenvalue weighted by atomic mass is 9.83. The summed E-state index contributed by atoms with van der Waals surface area (Å²) in [6, 6.07) is 0. The molecule has 18 heavy (non-hydrogen) atoms. The van der Waals surface area contributed by atoms with Crippen molar-refractivity contribution < 1.29 is 0 Å². The van der Waals surface area contributed by atoms with E-state index >= 15 is 0 Å². The monoisotopic (exact) mass is 361 g/mol. The van der Waals surface area contributed by atoms with Crippen molar-refractivity contribution in [1.29, 1.82) is 0 Å². The van der Waals surface area contributed by atoms with Gasteiger partial charge in [0, 0.05) is 20.1 Å². The lowest BCUT2D eigenvalue weighted by molar-refractivity contribution is 0.319. The second-order valence-electron chi connectivity index (χ2n) is 5.27. The Morgan fingerprint density at radius 2 is 2.00 bits per heavy atom. The number of hydrogen-bond donors (Lipinski definition) is 1. The summed E-state index contributed by atoms with van der Waals surface area (Å²) in [5.74, 6) is 0.977. The van der Waals surface area contributed by atoms with Crippen LogP contribution in [-0.4, -0.2) is 22.6 Å². The van der Waals surface area contributed by atoms with Gasteiger partial charge < -0.3 is 10.6 Å². The summed E-state index contributed by atoms with van der Waals surface area (Å²) in [6.07, 6.45) is 1.99. The second-order valence-corrected chi connectivity index (χ2v) is 6.35. The van der Waals surface area contributed by atoms with Crippen molar-refractivity contribution in [2.24, 2.45) is 12.5 Å². The lowest BCUT2D eigenvalue weighted by Crippen LogP contribution is -2.41. The molecule has 0 amide bonds. The summed E-state index contributed by atoms with van der Waals surface area (Å²) in [6.45, 7) is 8.08. The van der Waals surface area contributed by atoms with E-state index in [2.05, 4.69) is 23.7 Å². The number of halogens is 1. The van der Waals surface area contributed by atoms with E-state index in [4.69, 9.17) is 5.73 Å². The van der Waals surface area contributed by atoms with Crippen molar-refractivity contribution in [3.63, 3.8) is 0 Å². The quantitative estimate of drug-likeness (QED) is 0.769. The van der Waals surface area contributed by atoms with E-state index in [1.807, 2.05) is 22.6 Å². The number of nitrogen functional groups attached to an aromatic ring is 1. The van der Waals surface area contributed by atoms with E-state index in [0.717, 1.165) is 25.9 Å². The number of anilines is 2. The minimum atomic E-state index is -0.0824. The number of rotatable bonds is 1. The molecule has 0 bridgehead atoms. The van der Waals surface area contributed by atoms with Crippen LogP contribution in [0.3, 0.4) is 0 Å². The molecule has 1 fully saturated rings. The normalized spacial score (nSPS) is 19.0. The number of aromatic nitrogens is 2. The van der Waals surface area contributed by atoms with Gasteiger partial charge in [-0.3, -0.25) is 9.36 Å². The van der Waals surface area contributed by atoms with Gasteiger partial charge in [-0.25, -0.2) is 0 Å². The Balaban J connectivity index is 2.33. The van der Waals surface area contributed by atoms with Crippen molar-refractivity contribution >= 4 is 34.4 Å². The zero-order valence-electron chi connectivity index (χ0n) is 10.7. The maximum Gasteiger partial charge on any atom is 0.270 e. The van der Waals surface area contributed by atoms with Crippen LogP contribution in [0.15, 0.2) is 4.79 Å². The molecule has 0 aromatic carbocycles. The predicted molar refractivity (Wildman–Crippen MR) is 81.5 cm³/mol. The number of piperidine rings is 1. The van der Waals surface area contributed by atoms with Crippen LogP contribution in [0.25, 0.3) is 0 Å². The van der Waals surface area contributed by atoms with Gasteiger partial charge in [-0.05, 0) is 47.8 Å². The largest absolute Gasteiger partial charge is 0.383 e. The van der Waals surface area contributed by atoms with E-state index in [0.29, 0.717) is 15.3 Å². The summed E-state index contributed by atoms with van der Waals surface area (Å²) in [4.78, 5) is 18.4. The zero-order chi connectivity index (χ0) is 13.5. The van der Waals surface area contributed by atoms with Crippen molar-refractivity contribution in [2.75, 3.05) is 23.7 Å². The van der Waals surface area contributed by atoms with Gasteiger partial charge in [-0.2, -0.15) is 4.98 Å². The molecule has 6 heteroatoms. The van der Waals surface area contributed by atoms with E-state index < -0.39 is 0 Å². The predicted octanol–water partition coefficient (Wildman–Crippen LogP) is 1.41. The van der Waals surface area contributed by atoms with E-state index in [-0.39, 0.29) is 11.0 Å². The first-order valence-corrected chi connectivity index (χ1v) is 7.02. The zero-order valence-corrected chi connectivity index (χ0v) is 12.9. The molecule has 1 saturated heterocycles. The lowest BCUT2D eigenvalue weighted by Gasteiger charge is -2.37. The van der Waals surface area contributed by atoms with Gasteiger partial charge in [0.15, 0.2) is 0 Å². The first-order valence-electron chi connectivity index (χ1n) is 5.94. The van der Waals surface area contributed by atoms with Crippen molar-refractivity contribution in [3.05, 3.63) is 20.8 Å². The van der Waals surface area contributed by atoms with Gasteiger partial charge >= 0.3 is 0 Å². The summed E-state index contributed by atoms with van der Waals surface area (Å²) in [5, 5.41) is 0. The number of nitrogens with two attached hydrogens (primary N) is 1. The van der Waals surface area contributed by atoms with Crippen LogP contribution >= 0.6 is 22.6 Å². The van der Waals surface area contributed by atoms with Gasteiger partial charge in [0.25, 0.3) is 5.56 Å². The third-order valence-electron chi connectivity index (χ3n) is 3.49. The molecule has 1 radical (unpaired) electrons. The molecule has 0 unspecified atom stereocenters. The first kappa shape index (κ1) is 13.6. The van der Waals surface area contributed by atoms with Crippen molar-refractivity contribution in [1.82, 2.24) is 9.55 Å². The minimum absolute atomic E-state index is 0.0824. The molecule has 5 nitrogen and oxygen atoms in total. The fourth-order valence-corrected chi connectivity index (χ4v) is 2.59. The minimum Gasteiger partial charge on any atom is -0.383 e. The molecular formula is C12H18IN4O. The van der Waals surface area contributed by atoms with Gasteiger partial charge in [0.2, 0.25) is 5.95 Å². The Labute approximate surface area is 121 Å².